The van der Waals surface area contributed by atoms with Gasteiger partial charge in [0.1, 0.15) is 12.4 Å². The van der Waals surface area contributed by atoms with Crippen molar-refractivity contribution in [3.8, 4) is 5.75 Å². The fourth-order valence-corrected chi connectivity index (χ4v) is 5.07. The molecule has 0 aromatic heterocycles. The minimum absolute atomic E-state index is 0.319. The van der Waals surface area contributed by atoms with Gasteiger partial charge in [0.15, 0.2) is 0 Å². The Morgan fingerprint density at radius 1 is 0.839 bits per heavy atom. The molecule has 0 amide bonds. The van der Waals surface area contributed by atoms with Gasteiger partial charge in [-0.25, -0.2) is 8.42 Å². The molecule has 1 fully saturated rings. The van der Waals surface area contributed by atoms with E-state index in [0.717, 1.165) is 36.1 Å². The summed E-state index contributed by atoms with van der Waals surface area (Å²) < 4.78 is 33.1. The van der Waals surface area contributed by atoms with Crippen LogP contribution in [-0.2, 0) is 16.6 Å². The van der Waals surface area contributed by atoms with Crippen molar-refractivity contribution >= 4 is 21.9 Å². The summed E-state index contributed by atoms with van der Waals surface area (Å²) in [5.74, 6) is 0.749. The highest BCUT2D eigenvalue weighted by atomic mass is 32.2. The van der Waals surface area contributed by atoms with Crippen molar-refractivity contribution in [3.05, 3.63) is 90.0 Å². The highest BCUT2D eigenvalue weighted by Crippen LogP contribution is 2.24. The number of rotatable bonds is 7. The molecule has 1 aliphatic rings. The molecule has 0 spiro atoms. The second kappa shape index (κ2) is 9.90. The Hall–Kier alpha value is -2.96. The summed E-state index contributed by atoms with van der Waals surface area (Å²) in [7, 11) is -3.42. The summed E-state index contributed by atoms with van der Waals surface area (Å²) >= 11 is 0. The van der Waals surface area contributed by atoms with Crippen LogP contribution in [0.2, 0.25) is 0 Å². The van der Waals surface area contributed by atoms with Gasteiger partial charge in [0, 0.05) is 24.9 Å². The highest BCUT2D eigenvalue weighted by Gasteiger charge is 2.25. The normalized spacial score (nSPS) is 15.2. The van der Waals surface area contributed by atoms with E-state index in [2.05, 4.69) is 4.99 Å². The molecule has 4 rings (SSSR count). The standard InChI is InChI=1S/C25H26N2O3S/c28-31(29,27-17-7-2-8-18-27)24-15-13-23(14-16-24)26-19-22-11-5-6-12-25(22)30-20-21-9-3-1-4-10-21/h1,3-6,9-16,19H,2,7-8,17-18,20H2. The first-order chi connectivity index (χ1) is 15.1. The summed E-state index contributed by atoms with van der Waals surface area (Å²) in [5.41, 5.74) is 2.65. The molecule has 0 N–H and O–H groups in total. The lowest BCUT2D eigenvalue weighted by Gasteiger charge is -2.25. The molecule has 1 heterocycles. The number of hydrogen-bond acceptors (Lipinski definition) is 4. The molecular weight excluding hydrogens is 408 g/mol. The number of para-hydroxylation sites is 1. The van der Waals surface area contributed by atoms with E-state index in [4.69, 9.17) is 4.74 Å². The van der Waals surface area contributed by atoms with Crippen LogP contribution in [0, 0.1) is 0 Å². The number of aliphatic imine (C=N–C) groups is 1. The summed E-state index contributed by atoms with van der Waals surface area (Å²) in [6, 6.07) is 24.5. The number of hydrogen-bond donors (Lipinski definition) is 0. The Morgan fingerprint density at radius 3 is 2.26 bits per heavy atom. The van der Waals surface area contributed by atoms with Gasteiger partial charge >= 0.3 is 0 Å². The van der Waals surface area contributed by atoms with Gasteiger partial charge in [-0.15, -0.1) is 0 Å². The van der Waals surface area contributed by atoms with Gasteiger partial charge < -0.3 is 4.74 Å². The Kier molecular flexibility index (Phi) is 6.79. The lowest BCUT2D eigenvalue weighted by molar-refractivity contribution is 0.306. The van der Waals surface area contributed by atoms with E-state index >= 15 is 0 Å². The summed E-state index contributed by atoms with van der Waals surface area (Å²) in [6.07, 6.45) is 4.69. The molecule has 3 aromatic carbocycles. The van der Waals surface area contributed by atoms with Crippen LogP contribution in [0.3, 0.4) is 0 Å². The van der Waals surface area contributed by atoms with Crippen molar-refractivity contribution in [2.45, 2.75) is 30.8 Å². The van der Waals surface area contributed by atoms with E-state index in [1.807, 2.05) is 54.6 Å². The SMILES string of the molecule is O=S(=O)(c1ccc(N=Cc2ccccc2OCc2ccccc2)cc1)N1CCCCC1. The van der Waals surface area contributed by atoms with E-state index in [1.54, 1.807) is 34.8 Å². The third-order valence-corrected chi connectivity index (χ3v) is 7.21. The van der Waals surface area contributed by atoms with Crippen LogP contribution in [0.25, 0.3) is 0 Å². The summed E-state index contributed by atoms with van der Waals surface area (Å²) in [5, 5.41) is 0. The third-order valence-electron chi connectivity index (χ3n) is 5.30. The van der Waals surface area contributed by atoms with Crippen LogP contribution in [0.5, 0.6) is 5.75 Å². The van der Waals surface area contributed by atoms with Gasteiger partial charge in [-0.1, -0.05) is 48.9 Å². The van der Waals surface area contributed by atoms with E-state index in [0.29, 0.717) is 30.3 Å². The van der Waals surface area contributed by atoms with E-state index in [-0.39, 0.29) is 0 Å². The topological polar surface area (TPSA) is 59.0 Å². The van der Waals surface area contributed by atoms with Gasteiger partial charge in [0.25, 0.3) is 0 Å². The molecule has 5 nitrogen and oxygen atoms in total. The largest absolute Gasteiger partial charge is 0.488 e. The Morgan fingerprint density at radius 2 is 1.52 bits per heavy atom. The molecule has 0 saturated carbocycles. The molecule has 0 bridgehead atoms. The van der Waals surface area contributed by atoms with Crippen LogP contribution < -0.4 is 4.74 Å². The van der Waals surface area contributed by atoms with Gasteiger partial charge in [0.05, 0.1) is 10.6 Å². The maximum Gasteiger partial charge on any atom is 0.243 e. The highest BCUT2D eigenvalue weighted by molar-refractivity contribution is 7.89. The van der Waals surface area contributed by atoms with Crippen molar-refractivity contribution in [3.63, 3.8) is 0 Å². The number of benzene rings is 3. The molecule has 0 unspecified atom stereocenters. The lowest BCUT2D eigenvalue weighted by atomic mass is 10.2. The van der Waals surface area contributed by atoms with Crippen LogP contribution in [-0.4, -0.2) is 32.0 Å². The number of piperidine rings is 1. The van der Waals surface area contributed by atoms with Crippen LogP contribution in [0.4, 0.5) is 5.69 Å². The minimum Gasteiger partial charge on any atom is -0.488 e. The molecule has 160 valence electrons. The van der Waals surface area contributed by atoms with Gasteiger partial charge in [-0.3, -0.25) is 4.99 Å². The Labute approximate surface area is 184 Å². The fraction of sp³-hybridized carbons (Fsp3) is 0.240. The predicted octanol–water partition coefficient (Wildman–Crippen LogP) is 5.19. The minimum atomic E-state index is -3.42. The molecule has 0 atom stereocenters. The van der Waals surface area contributed by atoms with E-state index in [9.17, 15) is 8.42 Å². The molecule has 31 heavy (non-hydrogen) atoms. The monoisotopic (exact) mass is 434 g/mol. The first-order valence-corrected chi connectivity index (χ1v) is 12.0. The van der Waals surface area contributed by atoms with Crippen molar-refractivity contribution in [2.24, 2.45) is 4.99 Å². The van der Waals surface area contributed by atoms with E-state index < -0.39 is 10.0 Å². The lowest BCUT2D eigenvalue weighted by Crippen LogP contribution is -2.35. The second-order valence-corrected chi connectivity index (χ2v) is 9.47. The Balaban J connectivity index is 1.45. The fourth-order valence-electron chi connectivity index (χ4n) is 3.56. The maximum absolute atomic E-state index is 12.8. The second-order valence-electron chi connectivity index (χ2n) is 7.53. The van der Waals surface area contributed by atoms with Crippen molar-refractivity contribution < 1.29 is 13.2 Å². The molecule has 1 saturated heterocycles. The molecular formula is C25H26N2O3S. The van der Waals surface area contributed by atoms with Crippen LogP contribution in [0.1, 0.15) is 30.4 Å². The third kappa shape index (κ3) is 5.40. The van der Waals surface area contributed by atoms with Crippen molar-refractivity contribution in [1.29, 1.82) is 0 Å². The smallest absolute Gasteiger partial charge is 0.243 e. The quantitative estimate of drug-likeness (QED) is 0.481. The van der Waals surface area contributed by atoms with Crippen molar-refractivity contribution in [2.75, 3.05) is 13.1 Å². The number of ether oxygens (including phenoxy) is 1. The van der Waals surface area contributed by atoms with E-state index in [1.165, 1.54) is 0 Å². The zero-order chi connectivity index (χ0) is 21.5. The number of nitrogens with zero attached hydrogens (tertiary/aromatic N) is 2. The molecule has 0 radical (unpaired) electrons. The zero-order valence-corrected chi connectivity index (χ0v) is 18.2. The number of sulfonamides is 1. The predicted molar refractivity (Wildman–Crippen MR) is 124 cm³/mol. The first kappa shape index (κ1) is 21.3. The summed E-state index contributed by atoms with van der Waals surface area (Å²) in [6.45, 7) is 1.68. The average molecular weight is 435 g/mol. The summed E-state index contributed by atoms with van der Waals surface area (Å²) in [4.78, 5) is 4.83. The van der Waals surface area contributed by atoms with Crippen LogP contribution in [0.15, 0.2) is 88.8 Å². The maximum atomic E-state index is 12.8. The molecule has 3 aromatic rings. The van der Waals surface area contributed by atoms with Crippen molar-refractivity contribution in [1.82, 2.24) is 4.31 Å². The average Bonchev–Trinajstić information content (AvgIpc) is 2.83. The molecule has 1 aliphatic heterocycles. The van der Waals surface area contributed by atoms with Crippen LogP contribution >= 0.6 is 0 Å². The van der Waals surface area contributed by atoms with Gasteiger partial charge in [-0.05, 0) is 54.8 Å². The zero-order valence-electron chi connectivity index (χ0n) is 17.4. The molecule has 0 aliphatic carbocycles. The van der Waals surface area contributed by atoms with Gasteiger partial charge in [-0.2, -0.15) is 4.31 Å². The molecule has 6 heteroatoms. The first-order valence-electron chi connectivity index (χ1n) is 10.5. The van der Waals surface area contributed by atoms with Gasteiger partial charge in [0.2, 0.25) is 10.0 Å². The Bertz CT molecular complexity index is 1120.